The van der Waals surface area contributed by atoms with Crippen molar-refractivity contribution in [1.29, 1.82) is 5.41 Å². The molecule has 0 amide bonds. The van der Waals surface area contributed by atoms with Crippen molar-refractivity contribution in [3.05, 3.63) is 69.3 Å². The van der Waals surface area contributed by atoms with Crippen LogP contribution in [0.3, 0.4) is 0 Å². The molecular formula is C16H12BrClN2O. The molecule has 0 fully saturated rings. The molecule has 1 heterocycles. The van der Waals surface area contributed by atoms with E-state index in [9.17, 15) is 5.11 Å². The maximum atomic E-state index is 10.2. The van der Waals surface area contributed by atoms with Crippen LogP contribution >= 0.6 is 27.5 Å². The third-order valence-corrected chi connectivity index (χ3v) is 4.59. The fourth-order valence-corrected chi connectivity index (χ4v) is 2.85. The Balaban J connectivity index is 1.96. The number of hydrogen-bond donors (Lipinski definition) is 2. The van der Waals surface area contributed by atoms with E-state index in [-0.39, 0.29) is 18.1 Å². The number of hydrogen-bond acceptors (Lipinski definition) is 2. The summed E-state index contributed by atoms with van der Waals surface area (Å²) in [5, 5.41) is 19.2. The van der Waals surface area contributed by atoms with Crippen LogP contribution in [0.4, 0.5) is 5.69 Å². The van der Waals surface area contributed by atoms with Gasteiger partial charge in [0.1, 0.15) is 11.6 Å². The molecule has 0 unspecified atom stereocenters. The Hall–Kier alpha value is -1.78. The summed E-state index contributed by atoms with van der Waals surface area (Å²) < 4.78 is 0.766. The summed E-state index contributed by atoms with van der Waals surface area (Å²) in [4.78, 5) is 1.75. The first kappa shape index (κ1) is 14.2. The smallest absolute Gasteiger partial charge is 0.137 e. The summed E-state index contributed by atoms with van der Waals surface area (Å²) in [6.07, 6.45) is 0. The van der Waals surface area contributed by atoms with Gasteiger partial charge >= 0.3 is 0 Å². The number of anilines is 1. The molecule has 0 aromatic heterocycles. The topological polar surface area (TPSA) is 47.3 Å². The fraction of sp³-hybridized carbons (Fsp3) is 0.0625. The van der Waals surface area contributed by atoms with E-state index < -0.39 is 0 Å². The maximum Gasteiger partial charge on any atom is 0.137 e. The van der Waals surface area contributed by atoms with Gasteiger partial charge in [-0.15, -0.1) is 0 Å². The van der Waals surface area contributed by atoms with Crippen LogP contribution in [0.2, 0.25) is 5.02 Å². The van der Waals surface area contributed by atoms with Crippen molar-refractivity contribution in [2.45, 2.75) is 0 Å². The van der Waals surface area contributed by atoms with Crippen LogP contribution in [-0.2, 0) is 0 Å². The zero-order valence-electron chi connectivity index (χ0n) is 11.0. The lowest BCUT2D eigenvalue weighted by Gasteiger charge is -2.19. The highest BCUT2D eigenvalue weighted by molar-refractivity contribution is 9.10. The summed E-state index contributed by atoms with van der Waals surface area (Å²) in [6.45, 7) is 0.289. The Kier molecular flexibility index (Phi) is 3.74. The van der Waals surface area contributed by atoms with Crippen LogP contribution in [-0.4, -0.2) is 17.5 Å². The molecule has 5 heteroatoms. The van der Waals surface area contributed by atoms with Crippen molar-refractivity contribution in [3.63, 3.8) is 0 Å². The second-order valence-electron chi connectivity index (χ2n) is 4.72. The molecule has 0 radical (unpaired) electrons. The van der Waals surface area contributed by atoms with E-state index in [0.717, 1.165) is 15.7 Å². The van der Waals surface area contributed by atoms with Gasteiger partial charge in [-0.3, -0.25) is 5.41 Å². The highest BCUT2D eigenvalue weighted by Gasteiger charge is 2.29. The SMILES string of the molecule is N=C1C(c2ccccc2)=C(O)CN1c1ccc(Cl)c(Br)c1. The van der Waals surface area contributed by atoms with Crippen LogP contribution in [0.1, 0.15) is 5.56 Å². The minimum Gasteiger partial charge on any atom is -0.510 e. The molecule has 106 valence electrons. The molecule has 0 aliphatic carbocycles. The number of rotatable bonds is 2. The Labute approximate surface area is 136 Å². The van der Waals surface area contributed by atoms with Crippen molar-refractivity contribution in [1.82, 2.24) is 0 Å². The predicted molar refractivity (Wildman–Crippen MR) is 90.2 cm³/mol. The molecule has 0 saturated heterocycles. The summed E-state index contributed by atoms with van der Waals surface area (Å²) in [5.74, 6) is 0.491. The summed E-state index contributed by atoms with van der Waals surface area (Å²) >= 11 is 9.38. The van der Waals surface area contributed by atoms with Crippen molar-refractivity contribution >= 4 is 44.6 Å². The van der Waals surface area contributed by atoms with Crippen molar-refractivity contribution < 1.29 is 5.11 Å². The van der Waals surface area contributed by atoms with E-state index in [1.807, 2.05) is 42.5 Å². The van der Waals surface area contributed by atoms with Crippen molar-refractivity contribution in [2.75, 3.05) is 11.4 Å². The lowest BCUT2D eigenvalue weighted by molar-refractivity contribution is 0.411. The third kappa shape index (κ3) is 2.57. The number of benzene rings is 2. The van der Waals surface area contributed by atoms with Gasteiger partial charge < -0.3 is 10.0 Å². The molecule has 2 aromatic rings. The highest BCUT2D eigenvalue weighted by atomic mass is 79.9. The lowest BCUT2D eigenvalue weighted by atomic mass is 10.1. The lowest BCUT2D eigenvalue weighted by Crippen LogP contribution is -2.26. The maximum absolute atomic E-state index is 10.2. The van der Waals surface area contributed by atoms with Crippen LogP contribution in [0.15, 0.2) is 58.8 Å². The van der Waals surface area contributed by atoms with Gasteiger partial charge in [0, 0.05) is 10.2 Å². The number of aliphatic hydroxyl groups is 1. The van der Waals surface area contributed by atoms with E-state index in [2.05, 4.69) is 15.9 Å². The molecule has 21 heavy (non-hydrogen) atoms. The van der Waals surface area contributed by atoms with Gasteiger partial charge in [-0.05, 0) is 39.7 Å². The highest BCUT2D eigenvalue weighted by Crippen LogP contribution is 2.34. The molecule has 3 rings (SSSR count). The van der Waals surface area contributed by atoms with Gasteiger partial charge in [0.05, 0.1) is 17.1 Å². The van der Waals surface area contributed by atoms with Crippen molar-refractivity contribution in [3.8, 4) is 0 Å². The van der Waals surface area contributed by atoms with E-state index in [0.29, 0.717) is 10.6 Å². The molecule has 0 atom stereocenters. The second kappa shape index (κ2) is 5.54. The number of nitrogens with zero attached hydrogens (tertiary/aromatic N) is 1. The molecular weight excluding hydrogens is 352 g/mol. The zero-order chi connectivity index (χ0) is 15.0. The average molecular weight is 364 g/mol. The van der Waals surface area contributed by atoms with E-state index in [1.165, 1.54) is 0 Å². The van der Waals surface area contributed by atoms with Gasteiger partial charge in [0.2, 0.25) is 0 Å². The monoisotopic (exact) mass is 362 g/mol. The van der Waals surface area contributed by atoms with E-state index in [4.69, 9.17) is 17.0 Å². The first-order valence-corrected chi connectivity index (χ1v) is 7.54. The Morgan fingerprint density at radius 3 is 2.52 bits per heavy atom. The Bertz CT molecular complexity index is 743. The number of halogens is 2. The summed E-state index contributed by atoms with van der Waals surface area (Å²) in [5.41, 5.74) is 2.23. The molecule has 1 aliphatic heterocycles. The minimum atomic E-state index is 0.206. The van der Waals surface area contributed by atoms with E-state index >= 15 is 0 Å². The zero-order valence-corrected chi connectivity index (χ0v) is 13.3. The first-order chi connectivity index (χ1) is 10.1. The number of aliphatic hydroxyl groups excluding tert-OH is 1. The third-order valence-electron chi connectivity index (χ3n) is 3.38. The molecule has 0 spiro atoms. The van der Waals surface area contributed by atoms with Gasteiger partial charge in [-0.1, -0.05) is 41.9 Å². The van der Waals surface area contributed by atoms with Gasteiger partial charge in [-0.25, -0.2) is 0 Å². The van der Waals surface area contributed by atoms with Crippen LogP contribution < -0.4 is 4.90 Å². The normalized spacial score (nSPS) is 15.0. The molecule has 1 aliphatic rings. The summed E-state index contributed by atoms with van der Waals surface area (Å²) in [6, 6.07) is 14.9. The average Bonchev–Trinajstić information content (AvgIpc) is 2.78. The van der Waals surface area contributed by atoms with Crippen LogP contribution in [0, 0.1) is 5.41 Å². The molecule has 2 N–H and O–H groups in total. The quantitative estimate of drug-likeness (QED) is 0.799. The second-order valence-corrected chi connectivity index (χ2v) is 5.98. The number of nitrogens with one attached hydrogen (secondary N) is 1. The van der Waals surface area contributed by atoms with Gasteiger partial charge in [0.15, 0.2) is 0 Å². The van der Waals surface area contributed by atoms with E-state index in [1.54, 1.807) is 11.0 Å². The molecule has 2 aromatic carbocycles. The molecule has 0 saturated carbocycles. The summed E-state index contributed by atoms with van der Waals surface area (Å²) in [7, 11) is 0. The van der Waals surface area contributed by atoms with Crippen LogP contribution in [0.5, 0.6) is 0 Å². The Morgan fingerprint density at radius 1 is 1.14 bits per heavy atom. The van der Waals surface area contributed by atoms with Crippen molar-refractivity contribution in [2.24, 2.45) is 0 Å². The predicted octanol–water partition coefficient (Wildman–Crippen LogP) is 4.87. The first-order valence-electron chi connectivity index (χ1n) is 6.37. The van der Waals surface area contributed by atoms with Crippen LogP contribution in [0.25, 0.3) is 5.57 Å². The largest absolute Gasteiger partial charge is 0.510 e. The minimum absolute atomic E-state index is 0.206. The standard InChI is InChI=1S/C16H12BrClN2O/c17-12-8-11(6-7-13(12)18)20-9-14(21)15(16(20)19)10-4-2-1-3-5-10/h1-8,19,21H,9H2. The Morgan fingerprint density at radius 2 is 1.86 bits per heavy atom. The molecule has 3 nitrogen and oxygen atoms in total. The van der Waals surface area contributed by atoms with Gasteiger partial charge in [-0.2, -0.15) is 0 Å². The fourth-order valence-electron chi connectivity index (χ4n) is 2.36. The molecule has 0 bridgehead atoms. The number of amidine groups is 1. The van der Waals surface area contributed by atoms with Gasteiger partial charge in [0.25, 0.3) is 0 Å².